The van der Waals surface area contributed by atoms with E-state index in [9.17, 15) is 0 Å². The van der Waals surface area contributed by atoms with Gasteiger partial charge in [-0.2, -0.15) is 9.61 Å². The minimum Gasteiger partial charge on any atom is -0.493 e. The standard InChI is InChI=1S/C22H29N5O2/c1-15-13-20(23-9-12-26-10-5-6-11-26)27-22(24-15)21(16(2)25-27)17-7-8-18(28-3)19(14-17)29-4/h7-8,13-14,23H,5-6,9-12H2,1-4H3. The molecule has 1 saturated heterocycles. The summed E-state index contributed by atoms with van der Waals surface area (Å²) >= 11 is 0. The topological polar surface area (TPSA) is 63.9 Å². The summed E-state index contributed by atoms with van der Waals surface area (Å²) in [5.41, 5.74) is 4.76. The lowest BCUT2D eigenvalue weighted by atomic mass is 10.1. The van der Waals surface area contributed by atoms with Crippen molar-refractivity contribution in [1.29, 1.82) is 0 Å². The Labute approximate surface area is 171 Å². The molecule has 29 heavy (non-hydrogen) atoms. The van der Waals surface area contributed by atoms with Gasteiger partial charge in [-0.05, 0) is 57.5 Å². The molecule has 7 heteroatoms. The van der Waals surface area contributed by atoms with Crippen molar-refractivity contribution in [3.05, 3.63) is 35.7 Å². The second-order valence-electron chi connectivity index (χ2n) is 7.52. The Morgan fingerprint density at radius 2 is 1.79 bits per heavy atom. The molecule has 1 fully saturated rings. The molecule has 154 valence electrons. The molecule has 1 aliphatic rings. The smallest absolute Gasteiger partial charge is 0.165 e. The maximum Gasteiger partial charge on any atom is 0.165 e. The number of aromatic nitrogens is 3. The number of rotatable bonds is 7. The summed E-state index contributed by atoms with van der Waals surface area (Å²) in [5.74, 6) is 2.38. The van der Waals surface area contributed by atoms with E-state index in [0.29, 0.717) is 11.5 Å². The summed E-state index contributed by atoms with van der Waals surface area (Å²) < 4.78 is 12.8. The van der Waals surface area contributed by atoms with Gasteiger partial charge in [-0.15, -0.1) is 0 Å². The molecule has 0 aliphatic carbocycles. The van der Waals surface area contributed by atoms with Gasteiger partial charge in [-0.3, -0.25) is 0 Å². The first kappa shape index (κ1) is 19.5. The molecule has 4 rings (SSSR count). The van der Waals surface area contributed by atoms with Gasteiger partial charge < -0.3 is 19.7 Å². The highest BCUT2D eigenvalue weighted by molar-refractivity contribution is 5.82. The summed E-state index contributed by atoms with van der Waals surface area (Å²) in [5, 5.41) is 8.35. The van der Waals surface area contributed by atoms with Crippen LogP contribution in [0.3, 0.4) is 0 Å². The summed E-state index contributed by atoms with van der Waals surface area (Å²) in [6.07, 6.45) is 2.62. The predicted molar refractivity (Wildman–Crippen MR) is 115 cm³/mol. The Kier molecular flexibility index (Phi) is 5.58. The summed E-state index contributed by atoms with van der Waals surface area (Å²) in [6, 6.07) is 7.98. The van der Waals surface area contributed by atoms with E-state index >= 15 is 0 Å². The predicted octanol–water partition coefficient (Wildman–Crippen LogP) is 3.54. The van der Waals surface area contributed by atoms with Crippen LogP contribution in [0.25, 0.3) is 16.8 Å². The Morgan fingerprint density at radius 1 is 1.03 bits per heavy atom. The van der Waals surface area contributed by atoms with Gasteiger partial charge in [0, 0.05) is 30.4 Å². The number of methoxy groups -OCH3 is 2. The molecular weight excluding hydrogens is 366 g/mol. The molecule has 0 spiro atoms. The van der Waals surface area contributed by atoms with E-state index in [4.69, 9.17) is 19.6 Å². The van der Waals surface area contributed by atoms with Crippen molar-refractivity contribution in [2.45, 2.75) is 26.7 Å². The second-order valence-corrected chi connectivity index (χ2v) is 7.52. The molecular formula is C22H29N5O2. The third kappa shape index (κ3) is 3.87. The molecule has 0 bridgehead atoms. The number of hydrogen-bond acceptors (Lipinski definition) is 6. The Balaban J connectivity index is 1.69. The van der Waals surface area contributed by atoms with Crippen molar-refractivity contribution < 1.29 is 9.47 Å². The summed E-state index contributed by atoms with van der Waals surface area (Å²) in [7, 11) is 3.29. The van der Waals surface area contributed by atoms with Crippen LogP contribution in [0.4, 0.5) is 5.82 Å². The zero-order valence-electron chi connectivity index (χ0n) is 17.7. The highest BCUT2D eigenvalue weighted by Gasteiger charge is 2.18. The van der Waals surface area contributed by atoms with Crippen LogP contribution in [0.5, 0.6) is 11.5 Å². The Bertz CT molecular complexity index is 1010. The minimum atomic E-state index is 0.695. The highest BCUT2D eigenvalue weighted by Crippen LogP contribution is 2.35. The first-order valence-corrected chi connectivity index (χ1v) is 10.2. The van der Waals surface area contributed by atoms with E-state index in [2.05, 4.69) is 16.3 Å². The Hall–Kier alpha value is -2.80. The number of anilines is 1. The molecule has 0 unspecified atom stereocenters. The normalized spacial score (nSPS) is 14.5. The van der Waals surface area contributed by atoms with Gasteiger partial charge in [0.25, 0.3) is 0 Å². The lowest BCUT2D eigenvalue weighted by Crippen LogP contribution is -2.26. The van der Waals surface area contributed by atoms with E-state index in [1.807, 2.05) is 36.6 Å². The lowest BCUT2D eigenvalue weighted by Gasteiger charge is -2.16. The van der Waals surface area contributed by atoms with Gasteiger partial charge >= 0.3 is 0 Å². The summed E-state index contributed by atoms with van der Waals surface area (Å²) in [6.45, 7) is 8.39. The zero-order valence-corrected chi connectivity index (χ0v) is 17.7. The first-order valence-electron chi connectivity index (χ1n) is 10.2. The Morgan fingerprint density at radius 3 is 2.52 bits per heavy atom. The fraction of sp³-hybridized carbons (Fsp3) is 0.455. The number of aryl methyl sites for hydroxylation is 2. The van der Waals surface area contributed by atoms with Gasteiger partial charge in [0.15, 0.2) is 17.1 Å². The molecule has 7 nitrogen and oxygen atoms in total. The molecule has 2 aromatic heterocycles. The van der Waals surface area contributed by atoms with Crippen molar-refractivity contribution in [3.8, 4) is 22.6 Å². The van der Waals surface area contributed by atoms with Crippen LogP contribution in [0.2, 0.25) is 0 Å². The molecule has 1 N–H and O–H groups in total. The van der Waals surface area contributed by atoms with Crippen molar-refractivity contribution in [2.75, 3.05) is 45.7 Å². The number of hydrogen-bond donors (Lipinski definition) is 1. The number of fused-ring (bicyclic) bond motifs is 1. The molecule has 3 heterocycles. The summed E-state index contributed by atoms with van der Waals surface area (Å²) in [4.78, 5) is 7.30. The zero-order chi connectivity index (χ0) is 20.4. The molecule has 0 atom stereocenters. The largest absolute Gasteiger partial charge is 0.493 e. The third-order valence-electron chi connectivity index (χ3n) is 5.50. The van der Waals surface area contributed by atoms with Crippen molar-refractivity contribution in [2.24, 2.45) is 0 Å². The second kappa shape index (κ2) is 8.29. The van der Waals surface area contributed by atoms with Crippen LogP contribution in [0, 0.1) is 13.8 Å². The molecule has 1 aromatic carbocycles. The fourth-order valence-corrected chi connectivity index (χ4v) is 4.05. The third-order valence-corrected chi connectivity index (χ3v) is 5.50. The average molecular weight is 396 g/mol. The van der Waals surface area contributed by atoms with Crippen LogP contribution in [0.15, 0.2) is 24.3 Å². The SMILES string of the molecule is COc1ccc(-c2c(C)nn3c(NCCN4CCCC4)cc(C)nc23)cc1OC. The van der Waals surface area contributed by atoms with Gasteiger partial charge in [0.1, 0.15) is 5.82 Å². The number of nitrogens with zero attached hydrogens (tertiary/aromatic N) is 4. The first-order chi connectivity index (χ1) is 14.1. The van der Waals surface area contributed by atoms with Crippen LogP contribution in [-0.2, 0) is 0 Å². The molecule has 0 amide bonds. The minimum absolute atomic E-state index is 0.695. The molecule has 3 aromatic rings. The monoisotopic (exact) mass is 395 g/mol. The number of benzene rings is 1. The van der Waals surface area contributed by atoms with E-state index in [0.717, 1.165) is 47.1 Å². The maximum absolute atomic E-state index is 5.49. The highest BCUT2D eigenvalue weighted by atomic mass is 16.5. The number of ether oxygens (including phenoxy) is 2. The van der Waals surface area contributed by atoms with Gasteiger partial charge in [-0.1, -0.05) is 6.07 Å². The van der Waals surface area contributed by atoms with Crippen molar-refractivity contribution in [1.82, 2.24) is 19.5 Å². The van der Waals surface area contributed by atoms with E-state index in [1.165, 1.54) is 25.9 Å². The molecule has 0 saturated carbocycles. The van der Waals surface area contributed by atoms with Crippen LogP contribution in [-0.4, -0.2) is 59.9 Å². The van der Waals surface area contributed by atoms with Crippen molar-refractivity contribution >= 4 is 11.5 Å². The molecule has 1 aliphatic heterocycles. The van der Waals surface area contributed by atoms with E-state index in [-0.39, 0.29) is 0 Å². The van der Waals surface area contributed by atoms with Crippen LogP contribution < -0.4 is 14.8 Å². The van der Waals surface area contributed by atoms with Crippen molar-refractivity contribution in [3.63, 3.8) is 0 Å². The van der Waals surface area contributed by atoms with Crippen LogP contribution >= 0.6 is 0 Å². The molecule has 0 radical (unpaired) electrons. The van der Waals surface area contributed by atoms with E-state index < -0.39 is 0 Å². The van der Waals surface area contributed by atoms with E-state index in [1.54, 1.807) is 14.2 Å². The average Bonchev–Trinajstić information content (AvgIpc) is 3.34. The van der Waals surface area contributed by atoms with Gasteiger partial charge in [-0.25, -0.2) is 4.98 Å². The number of likely N-dealkylation sites (tertiary alicyclic amines) is 1. The maximum atomic E-state index is 5.49. The fourth-order valence-electron chi connectivity index (χ4n) is 4.05. The van der Waals surface area contributed by atoms with Gasteiger partial charge in [0.2, 0.25) is 0 Å². The quantitative estimate of drug-likeness (QED) is 0.660. The van der Waals surface area contributed by atoms with Crippen LogP contribution in [0.1, 0.15) is 24.2 Å². The number of nitrogens with one attached hydrogen (secondary N) is 1. The van der Waals surface area contributed by atoms with Gasteiger partial charge in [0.05, 0.1) is 19.9 Å². The lowest BCUT2D eigenvalue weighted by molar-refractivity contribution is 0.352.